The van der Waals surface area contributed by atoms with Gasteiger partial charge in [0.15, 0.2) is 0 Å². The van der Waals surface area contributed by atoms with Crippen molar-refractivity contribution in [2.24, 2.45) is 5.73 Å². The zero-order valence-electron chi connectivity index (χ0n) is 9.71. The van der Waals surface area contributed by atoms with E-state index >= 15 is 0 Å². The molecule has 0 saturated heterocycles. The maximum Gasteiger partial charge on any atom is 0.0754 e. The van der Waals surface area contributed by atoms with Gasteiger partial charge >= 0.3 is 0 Å². The van der Waals surface area contributed by atoms with Gasteiger partial charge in [-0.2, -0.15) is 0 Å². The molecule has 0 aliphatic carbocycles. The van der Waals surface area contributed by atoms with Crippen LogP contribution >= 0.6 is 36.4 Å². The number of hydrogen-bond acceptors (Lipinski definition) is 3. The van der Waals surface area contributed by atoms with Crippen LogP contribution in [0.2, 0.25) is 5.02 Å². The first-order chi connectivity index (χ1) is 7.68. The van der Waals surface area contributed by atoms with Gasteiger partial charge < -0.3 is 5.73 Å². The molecule has 1 atom stereocenters. The number of halogens is 3. The summed E-state index contributed by atoms with van der Waals surface area (Å²) in [4.78, 5) is 8.32. The third-order valence-corrected chi connectivity index (χ3v) is 2.60. The van der Waals surface area contributed by atoms with Crippen molar-refractivity contribution in [3.8, 4) is 11.1 Å². The van der Waals surface area contributed by atoms with Gasteiger partial charge in [-0.15, -0.1) is 24.8 Å². The number of nitrogens with zero attached hydrogens (tertiary/aromatic N) is 2. The molecule has 3 nitrogen and oxygen atoms in total. The maximum atomic E-state index is 6.11. The normalized spacial score (nSPS) is 11.1. The van der Waals surface area contributed by atoms with Gasteiger partial charge in [-0.1, -0.05) is 17.7 Å². The van der Waals surface area contributed by atoms with Crippen LogP contribution in [-0.2, 0) is 0 Å². The molecular formula is C12H14Cl3N3. The van der Waals surface area contributed by atoms with Crippen LogP contribution in [-0.4, -0.2) is 9.97 Å². The number of pyridine rings is 2. The minimum Gasteiger partial charge on any atom is -0.323 e. The fourth-order valence-electron chi connectivity index (χ4n) is 1.47. The summed E-state index contributed by atoms with van der Waals surface area (Å²) in [5.74, 6) is 0. The highest BCUT2D eigenvalue weighted by atomic mass is 35.5. The summed E-state index contributed by atoms with van der Waals surface area (Å²) in [5, 5.41) is 0.594. The molecule has 2 rings (SSSR count). The SMILES string of the molecule is CC(N)c1ncc(-c2cccnc2)cc1Cl.Cl.Cl. The molecule has 0 radical (unpaired) electrons. The van der Waals surface area contributed by atoms with E-state index in [0.29, 0.717) is 10.7 Å². The zero-order chi connectivity index (χ0) is 11.5. The van der Waals surface area contributed by atoms with E-state index in [-0.39, 0.29) is 30.9 Å². The Balaban J connectivity index is 0.00000144. The monoisotopic (exact) mass is 305 g/mol. The summed E-state index contributed by atoms with van der Waals surface area (Å²) in [6.07, 6.45) is 5.27. The second-order valence-electron chi connectivity index (χ2n) is 3.62. The molecule has 2 N–H and O–H groups in total. The van der Waals surface area contributed by atoms with Crippen LogP contribution in [0.4, 0.5) is 0 Å². The first-order valence-corrected chi connectivity index (χ1v) is 5.37. The van der Waals surface area contributed by atoms with Crippen molar-refractivity contribution in [1.82, 2.24) is 9.97 Å². The Morgan fingerprint density at radius 3 is 2.44 bits per heavy atom. The standard InChI is InChI=1S/C12H12ClN3.2ClH/c1-8(14)12-11(13)5-10(7-16-12)9-3-2-4-15-6-9;;/h2-8H,14H2,1H3;2*1H. The van der Waals surface area contributed by atoms with Gasteiger partial charge in [0.2, 0.25) is 0 Å². The lowest BCUT2D eigenvalue weighted by Crippen LogP contribution is -2.07. The van der Waals surface area contributed by atoms with Crippen LogP contribution in [0.3, 0.4) is 0 Å². The lowest BCUT2D eigenvalue weighted by Gasteiger charge is -2.08. The molecule has 0 spiro atoms. The fourth-order valence-corrected chi connectivity index (χ4v) is 1.81. The van der Waals surface area contributed by atoms with E-state index < -0.39 is 0 Å². The molecule has 0 aromatic carbocycles. The minimum atomic E-state index is -0.157. The van der Waals surface area contributed by atoms with Crippen molar-refractivity contribution >= 4 is 36.4 Å². The van der Waals surface area contributed by atoms with Crippen LogP contribution in [0, 0.1) is 0 Å². The van der Waals surface area contributed by atoms with E-state index in [0.717, 1.165) is 11.1 Å². The Morgan fingerprint density at radius 1 is 1.22 bits per heavy atom. The van der Waals surface area contributed by atoms with Crippen molar-refractivity contribution in [3.63, 3.8) is 0 Å². The van der Waals surface area contributed by atoms with Crippen LogP contribution in [0.1, 0.15) is 18.7 Å². The van der Waals surface area contributed by atoms with E-state index in [2.05, 4.69) is 9.97 Å². The smallest absolute Gasteiger partial charge is 0.0754 e. The summed E-state index contributed by atoms with van der Waals surface area (Å²) >= 11 is 6.11. The fraction of sp³-hybridized carbons (Fsp3) is 0.167. The Kier molecular flexibility index (Phi) is 7.18. The number of hydrogen-bond donors (Lipinski definition) is 1. The average molecular weight is 307 g/mol. The molecule has 0 amide bonds. The van der Waals surface area contributed by atoms with Crippen molar-refractivity contribution in [2.45, 2.75) is 13.0 Å². The van der Waals surface area contributed by atoms with Gasteiger partial charge in [0.1, 0.15) is 0 Å². The molecule has 0 aliphatic rings. The maximum absolute atomic E-state index is 6.11. The van der Waals surface area contributed by atoms with E-state index in [4.69, 9.17) is 17.3 Å². The quantitative estimate of drug-likeness (QED) is 0.921. The Morgan fingerprint density at radius 2 is 1.94 bits per heavy atom. The van der Waals surface area contributed by atoms with Gasteiger partial charge in [-0.05, 0) is 19.1 Å². The molecule has 1 unspecified atom stereocenters. The van der Waals surface area contributed by atoms with Gasteiger partial charge in [0.05, 0.1) is 10.7 Å². The first kappa shape index (κ1) is 17.1. The summed E-state index contributed by atoms with van der Waals surface area (Å²) in [7, 11) is 0. The molecule has 2 aromatic heterocycles. The van der Waals surface area contributed by atoms with Gasteiger partial charge in [0.25, 0.3) is 0 Å². The highest BCUT2D eigenvalue weighted by molar-refractivity contribution is 6.31. The molecule has 2 heterocycles. The summed E-state index contributed by atoms with van der Waals surface area (Å²) < 4.78 is 0. The molecule has 2 aromatic rings. The summed E-state index contributed by atoms with van der Waals surface area (Å²) in [6, 6.07) is 5.55. The largest absolute Gasteiger partial charge is 0.323 e. The molecule has 18 heavy (non-hydrogen) atoms. The van der Waals surface area contributed by atoms with Crippen LogP contribution in [0.5, 0.6) is 0 Å². The van der Waals surface area contributed by atoms with E-state index in [1.165, 1.54) is 0 Å². The first-order valence-electron chi connectivity index (χ1n) is 5.00. The molecule has 98 valence electrons. The van der Waals surface area contributed by atoms with E-state index in [9.17, 15) is 0 Å². The molecule has 0 bridgehead atoms. The van der Waals surface area contributed by atoms with E-state index in [1.807, 2.05) is 25.1 Å². The second-order valence-corrected chi connectivity index (χ2v) is 4.03. The second kappa shape index (κ2) is 7.54. The minimum absolute atomic E-state index is 0. The predicted molar refractivity (Wildman–Crippen MR) is 79.6 cm³/mol. The Labute approximate surface area is 124 Å². The third-order valence-electron chi connectivity index (χ3n) is 2.30. The lowest BCUT2D eigenvalue weighted by molar-refractivity contribution is 0.782. The van der Waals surface area contributed by atoms with Crippen LogP contribution in [0.15, 0.2) is 36.8 Å². The summed E-state index contributed by atoms with van der Waals surface area (Å²) in [5.41, 5.74) is 8.40. The average Bonchev–Trinajstić information content (AvgIpc) is 2.29. The predicted octanol–water partition coefficient (Wildman–Crippen LogP) is 3.66. The van der Waals surface area contributed by atoms with Crippen molar-refractivity contribution in [2.75, 3.05) is 0 Å². The number of aromatic nitrogens is 2. The molecule has 0 fully saturated rings. The Bertz CT molecular complexity index is 489. The lowest BCUT2D eigenvalue weighted by atomic mass is 10.1. The molecule has 6 heteroatoms. The highest BCUT2D eigenvalue weighted by Crippen LogP contribution is 2.25. The van der Waals surface area contributed by atoms with Gasteiger partial charge in [0, 0.05) is 35.8 Å². The number of nitrogens with two attached hydrogens (primary N) is 1. The van der Waals surface area contributed by atoms with Gasteiger partial charge in [-0.3, -0.25) is 9.97 Å². The molecule has 0 saturated carbocycles. The zero-order valence-corrected chi connectivity index (χ0v) is 12.1. The molecule has 0 aliphatic heterocycles. The summed E-state index contributed by atoms with van der Waals surface area (Å²) in [6.45, 7) is 1.86. The van der Waals surface area contributed by atoms with Crippen molar-refractivity contribution < 1.29 is 0 Å². The molecular weight excluding hydrogens is 293 g/mol. The van der Waals surface area contributed by atoms with E-state index in [1.54, 1.807) is 18.6 Å². The van der Waals surface area contributed by atoms with Gasteiger partial charge in [-0.25, -0.2) is 0 Å². The van der Waals surface area contributed by atoms with Crippen LogP contribution < -0.4 is 5.73 Å². The van der Waals surface area contributed by atoms with Crippen LogP contribution in [0.25, 0.3) is 11.1 Å². The Hall–Kier alpha value is -0.870. The number of rotatable bonds is 2. The topological polar surface area (TPSA) is 51.8 Å². The van der Waals surface area contributed by atoms with Crippen molar-refractivity contribution in [3.05, 3.63) is 47.5 Å². The highest BCUT2D eigenvalue weighted by Gasteiger charge is 2.08. The third kappa shape index (κ3) is 3.82. The van der Waals surface area contributed by atoms with Crippen molar-refractivity contribution in [1.29, 1.82) is 0 Å².